The lowest BCUT2D eigenvalue weighted by atomic mass is 9.92. The molecule has 1 heterocycles. The van der Waals surface area contributed by atoms with Crippen molar-refractivity contribution in [2.75, 3.05) is 26.2 Å². The molecule has 188 valence electrons. The normalized spacial score (nSPS) is 16.4. The van der Waals surface area contributed by atoms with Crippen LogP contribution in [0, 0.1) is 25.2 Å². The van der Waals surface area contributed by atoms with Gasteiger partial charge in [-0.25, -0.2) is 0 Å². The highest BCUT2D eigenvalue weighted by Gasteiger charge is 2.47. The second-order valence-corrected chi connectivity index (χ2v) is 8.58. The number of aliphatic hydroxyl groups is 1. The van der Waals surface area contributed by atoms with E-state index in [9.17, 15) is 20.0 Å². The first-order valence-corrected chi connectivity index (χ1v) is 11.4. The van der Waals surface area contributed by atoms with Gasteiger partial charge in [0, 0.05) is 11.3 Å². The Labute approximate surface area is 214 Å². The average Bonchev–Trinajstić information content (AvgIpc) is 3.18. The zero-order valence-electron chi connectivity index (χ0n) is 21.2. The van der Waals surface area contributed by atoms with Crippen LogP contribution in [0.1, 0.15) is 33.9 Å². The van der Waals surface area contributed by atoms with E-state index in [1.807, 2.05) is 13.0 Å². The highest BCUT2D eigenvalue weighted by atomic mass is 16.5. The van der Waals surface area contributed by atoms with Crippen molar-refractivity contribution < 1.29 is 28.9 Å². The number of amides is 1. The van der Waals surface area contributed by atoms with Crippen LogP contribution >= 0.6 is 0 Å². The smallest absolute Gasteiger partial charge is 0.300 e. The molecular formula is C29H26N2O6. The Morgan fingerprint density at radius 3 is 2.11 bits per heavy atom. The van der Waals surface area contributed by atoms with Gasteiger partial charge in [0.25, 0.3) is 11.7 Å². The van der Waals surface area contributed by atoms with Gasteiger partial charge in [-0.05, 0) is 79.1 Å². The van der Waals surface area contributed by atoms with Gasteiger partial charge >= 0.3 is 0 Å². The number of ketones is 1. The summed E-state index contributed by atoms with van der Waals surface area (Å²) in [7, 11) is 4.55. The van der Waals surface area contributed by atoms with Crippen LogP contribution in [0.3, 0.4) is 0 Å². The molecule has 1 aliphatic rings. The van der Waals surface area contributed by atoms with E-state index in [-0.39, 0.29) is 11.3 Å². The van der Waals surface area contributed by atoms with Crippen molar-refractivity contribution >= 4 is 23.1 Å². The Morgan fingerprint density at radius 2 is 1.51 bits per heavy atom. The van der Waals surface area contributed by atoms with E-state index in [4.69, 9.17) is 14.2 Å². The number of anilines is 1. The van der Waals surface area contributed by atoms with Crippen molar-refractivity contribution in [1.82, 2.24) is 0 Å². The van der Waals surface area contributed by atoms with Crippen LogP contribution in [-0.2, 0) is 9.59 Å². The molecule has 1 aliphatic heterocycles. The first-order valence-electron chi connectivity index (χ1n) is 11.4. The number of methoxy groups -OCH3 is 3. The Balaban J connectivity index is 1.99. The van der Waals surface area contributed by atoms with Crippen molar-refractivity contribution in [3.05, 3.63) is 88.0 Å². The lowest BCUT2D eigenvalue weighted by Gasteiger charge is -2.26. The summed E-state index contributed by atoms with van der Waals surface area (Å²) >= 11 is 0. The maximum absolute atomic E-state index is 13.5. The molecule has 0 spiro atoms. The molecule has 0 aliphatic carbocycles. The van der Waals surface area contributed by atoms with Gasteiger partial charge in [0.05, 0.1) is 44.6 Å². The molecule has 1 saturated heterocycles. The van der Waals surface area contributed by atoms with E-state index >= 15 is 0 Å². The van der Waals surface area contributed by atoms with Crippen LogP contribution < -0.4 is 19.1 Å². The lowest BCUT2D eigenvalue weighted by molar-refractivity contribution is -0.132. The first-order chi connectivity index (χ1) is 17.7. The molecule has 37 heavy (non-hydrogen) atoms. The number of hydrogen-bond acceptors (Lipinski definition) is 7. The van der Waals surface area contributed by atoms with Crippen molar-refractivity contribution in [2.45, 2.75) is 19.9 Å². The third-order valence-corrected chi connectivity index (χ3v) is 6.44. The molecule has 0 saturated carbocycles. The third-order valence-electron chi connectivity index (χ3n) is 6.44. The quantitative estimate of drug-likeness (QED) is 0.295. The minimum Gasteiger partial charge on any atom is -0.507 e. The lowest BCUT2D eigenvalue weighted by Crippen LogP contribution is -2.29. The van der Waals surface area contributed by atoms with E-state index in [2.05, 4.69) is 0 Å². The number of rotatable bonds is 6. The van der Waals surface area contributed by atoms with Crippen LogP contribution in [0.4, 0.5) is 5.69 Å². The number of nitriles is 1. The van der Waals surface area contributed by atoms with Gasteiger partial charge in [-0.1, -0.05) is 6.07 Å². The van der Waals surface area contributed by atoms with E-state index in [1.54, 1.807) is 68.6 Å². The number of Topliss-reactive ketones (excluding diaryl/α,β-unsaturated/α-hetero) is 1. The van der Waals surface area contributed by atoms with E-state index in [1.165, 1.54) is 19.1 Å². The third kappa shape index (κ3) is 4.36. The van der Waals surface area contributed by atoms with Gasteiger partial charge in [-0.15, -0.1) is 0 Å². The molecular weight excluding hydrogens is 472 g/mol. The molecule has 1 amide bonds. The number of ether oxygens (including phenoxy) is 3. The summed E-state index contributed by atoms with van der Waals surface area (Å²) in [6.07, 6.45) is 0. The zero-order valence-corrected chi connectivity index (χ0v) is 21.2. The fraction of sp³-hybridized carbons (Fsp3) is 0.207. The second kappa shape index (κ2) is 10.1. The Hall–Kier alpha value is -4.77. The summed E-state index contributed by atoms with van der Waals surface area (Å²) in [5.41, 5.74) is 3.14. The number of nitrogens with zero attached hydrogens (tertiary/aromatic N) is 2. The number of carbonyl (C=O) groups excluding carboxylic acids is 2. The molecule has 1 atom stereocenters. The molecule has 0 aromatic heterocycles. The minimum absolute atomic E-state index is 0.0609. The molecule has 8 nitrogen and oxygen atoms in total. The molecule has 0 bridgehead atoms. The van der Waals surface area contributed by atoms with Gasteiger partial charge < -0.3 is 19.3 Å². The number of hydrogen-bond donors (Lipinski definition) is 1. The Bertz CT molecular complexity index is 1470. The highest BCUT2D eigenvalue weighted by Crippen LogP contribution is 2.44. The zero-order chi connectivity index (χ0) is 26.9. The predicted molar refractivity (Wildman–Crippen MR) is 138 cm³/mol. The Kier molecular flexibility index (Phi) is 6.89. The number of aryl methyl sites for hydroxylation is 2. The molecule has 1 fully saturated rings. The fourth-order valence-corrected chi connectivity index (χ4v) is 4.54. The van der Waals surface area contributed by atoms with E-state index < -0.39 is 17.7 Å². The van der Waals surface area contributed by atoms with Gasteiger partial charge in [0.1, 0.15) is 11.5 Å². The van der Waals surface area contributed by atoms with E-state index in [0.29, 0.717) is 45.2 Å². The van der Waals surface area contributed by atoms with Crippen molar-refractivity contribution in [3.63, 3.8) is 0 Å². The van der Waals surface area contributed by atoms with Gasteiger partial charge in [0.2, 0.25) is 0 Å². The van der Waals surface area contributed by atoms with Gasteiger partial charge in [-0.3, -0.25) is 14.5 Å². The van der Waals surface area contributed by atoms with Gasteiger partial charge in [0.15, 0.2) is 11.5 Å². The second-order valence-electron chi connectivity index (χ2n) is 8.58. The van der Waals surface area contributed by atoms with Crippen LogP contribution in [0.15, 0.2) is 60.2 Å². The number of aliphatic hydroxyl groups excluding tert-OH is 1. The summed E-state index contributed by atoms with van der Waals surface area (Å²) in [6, 6.07) is 16.0. The van der Waals surface area contributed by atoms with Crippen molar-refractivity contribution in [2.24, 2.45) is 0 Å². The molecule has 4 rings (SSSR count). The fourth-order valence-electron chi connectivity index (χ4n) is 4.54. The number of benzene rings is 3. The topological polar surface area (TPSA) is 109 Å². The summed E-state index contributed by atoms with van der Waals surface area (Å²) in [6.45, 7) is 3.62. The van der Waals surface area contributed by atoms with E-state index in [0.717, 1.165) is 5.56 Å². The standard InChI is InChI=1S/C29H26N2O6/c1-16-13-23(36-4)17(2)12-21(16)27(32)25-26(19-8-11-22(35-3)24(14-19)37-5)31(29(34)28(25)33)20-9-6-18(15-30)7-10-20/h6-14,26,32H,1-5H3/b27-25+. The molecule has 3 aromatic rings. The maximum Gasteiger partial charge on any atom is 0.300 e. The summed E-state index contributed by atoms with van der Waals surface area (Å²) in [5.74, 6) is -0.394. The molecule has 0 radical (unpaired) electrons. The van der Waals surface area contributed by atoms with Crippen LogP contribution in [0.25, 0.3) is 5.76 Å². The monoisotopic (exact) mass is 498 g/mol. The summed E-state index contributed by atoms with van der Waals surface area (Å²) in [4.78, 5) is 28.2. The largest absolute Gasteiger partial charge is 0.507 e. The predicted octanol–water partition coefficient (Wildman–Crippen LogP) is 4.83. The minimum atomic E-state index is -0.963. The van der Waals surface area contributed by atoms with Crippen LogP contribution in [-0.4, -0.2) is 38.1 Å². The average molecular weight is 499 g/mol. The summed E-state index contributed by atoms with van der Waals surface area (Å²) < 4.78 is 16.2. The van der Waals surface area contributed by atoms with Crippen LogP contribution in [0.5, 0.6) is 17.2 Å². The Morgan fingerprint density at radius 1 is 0.865 bits per heavy atom. The summed E-state index contributed by atoms with van der Waals surface area (Å²) in [5, 5.41) is 20.7. The first kappa shape index (κ1) is 25.3. The van der Waals surface area contributed by atoms with Crippen LogP contribution in [0.2, 0.25) is 0 Å². The molecule has 1 unspecified atom stereocenters. The van der Waals surface area contributed by atoms with Crippen molar-refractivity contribution in [3.8, 4) is 23.3 Å². The van der Waals surface area contributed by atoms with Crippen molar-refractivity contribution in [1.29, 1.82) is 5.26 Å². The van der Waals surface area contributed by atoms with Gasteiger partial charge in [-0.2, -0.15) is 5.26 Å². The molecule has 8 heteroatoms. The highest BCUT2D eigenvalue weighted by molar-refractivity contribution is 6.51. The SMILES string of the molecule is COc1cc(C)c(/C(O)=C2\C(=O)C(=O)N(c3ccc(C#N)cc3)C2c2ccc(OC)c(OC)c2)cc1C. The maximum atomic E-state index is 13.5. The number of carbonyl (C=O) groups is 2. The molecule has 1 N–H and O–H groups in total. The molecule has 3 aromatic carbocycles.